The maximum atomic E-state index is 12.6. The summed E-state index contributed by atoms with van der Waals surface area (Å²) in [7, 11) is 1.26. The number of carbonyl (C=O) groups is 1. The summed E-state index contributed by atoms with van der Waals surface area (Å²) >= 11 is 0. The molecule has 1 aromatic carbocycles. The monoisotopic (exact) mass is 220 g/mol. The highest BCUT2D eigenvalue weighted by Crippen LogP contribution is 2.19. The minimum Gasteiger partial charge on any atom is -0.425 e. The summed E-state index contributed by atoms with van der Waals surface area (Å²) in [5.41, 5.74) is 0. The molecular weight excluding hydrogens is 213 g/mol. The van der Waals surface area contributed by atoms with Crippen molar-refractivity contribution in [1.82, 2.24) is 0 Å². The third kappa shape index (κ3) is 2.95. The molecule has 1 rings (SSSR count). The maximum absolute atomic E-state index is 12.6. The number of carbonyl (C=O) groups excluding carboxylic acids is 1. The fourth-order valence-corrected chi connectivity index (χ4v) is 0.870. The average Bonchev–Trinajstić information content (AvgIpc) is 2.14. The van der Waals surface area contributed by atoms with Crippen LogP contribution in [0.1, 0.15) is 0 Å². The fourth-order valence-electron chi connectivity index (χ4n) is 0.870. The van der Waals surface area contributed by atoms with Gasteiger partial charge in [-0.05, 0) is 0 Å². The molecule has 0 radical (unpaired) electrons. The summed E-state index contributed by atoms with van der Waals surface area (Å²) in [4.78, 5) is 10.8. The Hall–Kier alpha value is -1.56. The standard InChI is InChI=1S/C9H7F3O3/c1-14-4-8(13)15-5-2-6(10)9(12)7(11)3-5/h2-3H,4H2,1H3. The van der Waals surface area contributed by atoms with Crippen LogP contribution in [0.2, 0.25) is 0 Å². The first kappa shape index (κ1) is 11.5. The molecule has 3 nitrogen and oxygen atoms in total. The molecule has 0 bridgehead atoms. The Bertz CT molecular complexity index is 356. The molecule has 6 heteroatoms. The molecule has 0 N–H and O–H groups in total. The lowest BCUT2D eigenvalue weighted by atomic mass is 10.3. The Labute approximate surface area is 83.4 Å². The molecule has 0 aliphatic heterocycles. The van der Waals surface area contributed by atoms with E-state index >= 15 is 0 Å². The van der Waals surface area contributed by atoms with Crippen LogP contribution in [0.5, 0.6) is 5.75 Å². The van der Waals surface area contributed by atoms with Crippen LogP contribution in [0.3, 0.4) is 0 Å². The topological polar surface area (TPSA) is 35.5 Å². The summed E-state index contributed by atoms with van der Waals surface area (Å²) < 4.78 is 46.6. The third-order valence-electron chi connectivity index (χ3n) is 1.45. The first-order chi connectivity index (χ1) is 7.04. The van der Waals surface area contributed by atoms with Gasteiger partial charge < -0.3 is 9.47 Å². The van der Waals surface area contributed by atoms with Gasteiger partial charge in [-0.2, -0.15) is 0 Å². The largest absolute Gasteiger partial charge is 0.425 e. The molecule has 0 saturated carbocycles. The number of benzene rings is 1. The van der Waals surface area contributed by atoms with E-state index in [1.54, 1.807) is 0 Å². The summed E-state index contributed by atoms with van der Waals surface area (Å²) in [6, 6.07) is 1.15. The Morgan fingerprint density at radius 2 is 1.80 bits per heavy atom. The highest BCUT2D eigenvalue weighted by atomic mass is 19.2. The predicted octanol–water partition coefficient (Wildman–Crippen LogP) is 1.66. The van der Waals surface area contributed by atoms with Gasteiger partial charge in [-0.1, -0.05) is 0 Å². The Kier molecular flexibility index (Phi) is 3.68. The molecule has 0 amide bonds. The van der Waals surface area contributed by atoms with Gasteiger partial charge in [-0.15, -0.1) is 0 Å². The molecule has 0 atom stereocenters. The highest BCUT2D eigenvalue weighted by molar-refractivity contribution is 5.73. The Morgan fingerprint density at radius 3 is 2.27 bits per heavy atom. The summed E-state index contributed by atoms with van der Waals surface area (Å²) in [5, 5.41) is 0. The molecule has 0 aliphatic carbocycles. The molecule has 0 fully saturated rings. The zero-order valence-corrected chi connectivity index (χ0v) is 7.72. The van der Waals surface area contributed by atoms with Crippen LogP contribution in [0, 0.1) is 17.5 Å². The van der Waals surface area contributed by atoms with E-state index in [0.717, 1.165) is 0 Å². The van der Waals surface area contributed by atoms with Crippen molar-refractivity contribution in [3.05, 3.63) is 29.6 Å². The number of esters is 1. The van der Waals surface area contributed by atoms with E-state index in [-0.39, 0.29) is 6.61 Å². The molecule has 0 saturated heterocycles. The average molecular weight is 220 g/mol. The molecule has 0 unspecified atom stereocenters. The number of hydrogen-bond donors (Lipinski definition) is 0. The van der Waals surface area contributed by atoms with E-state index in [1.165, 1.54) is 7.11 Å². The van der Waals surface area contributed by atoms with Gasteiger partial charge in [0.15, 0.2) is 17.5 Å². The van der Waals surface area contributed by atoms with Crippen LogP contribution in [-0.4, -0.2) is 19.7 Å². The second kappa shape index (κ2) is 4.79. The number of hydrogen-bond acceptors (Lipinski definition) is 3. The van der Waals surface area contributed by atoms with Gasteiger partial charge in [0.2, 0.25) is 0 Å². The minimum absolute atomic E-state index is 0.361. The van der Waals surface area contributed by atoms with Crippen molar-refractivity contribution in [2.75, 3.05) is 13.7 Å². The van der Waals surface area contributed by atoms with E-state index in [2.05, 4.69) is 9.47 Å². The number of methoxy groups -OCH3 is 1. The summed E-state index contributed by atoms with van der Waals surface area (Å²) in [5.74, 6) is -5.69. The molecule has 82 valence electrons. The van der Waals surface area contributed by atoms with Crippen molar-refractivity contribution >= 4 is 5.97 Å². The summed E-state index contributed by atoms with van der Waals surface area (Å²) in [6.45, 7) is -0.361. The number of halogens is 3. The predicted molar refractivity (Wildman–Crippen MR) is 43.8 cm³/mol. The first-order valence-electron chi connectivity index (χ1n) is 3.88. The molecule has 0 aromatic heterocycles. The fraction of sp³-hybridized carbons (Fsp3) is 0.222. The summed E-state index contributed by atoms with van der Waals surface area (Å²) in [6.07, 6.45) is 0. The van der Waals surface area contributed by atoms with E-state index in [4.69, 9.17) is 0 Å². The van der Waals surface area contributed by atoms with Crippen LogP contribution >= 0.6 is 0 Å². The Balaban J connectivity index is 2.83. The van der Waals surface area contributed by atoms with Crippen LogP contribution in [0.15, 0.2) is 12.1 Å². The van der Waals surface area contributed by atoms with Crippen LogP contribution < -0.4 is 4.74 Å². The molecular formula is C9H7F3O3. The van der Waals surface area contributed by atoms with Crippen molar-refractivity contribution < 1.29 is 27.4 Å². The van der Waals surface area contributed by atoms with Gasteiger partial charge in [0.1, 0.15) is 12.4 Å². The van der Waals surface area contributed by atoms with Crippen LogP contribution in [-0.2, 0) is 9.53 Å². The molecule has 0 aliphatic rings. The van der Waals surface area contributed by atoms with Gasteiger partial charge >= 0.3 is 5.97 Å². The van der Waals surface area contributed by atoms with Gasteiger partial charge in [0.25, 0.3) is 0 Å². The molecule has 0 heterocycles. The van der Waals surface area contributed by atoms with Gasteiger partial charge in [0, 0.05) is 19.2 Å². The molecule has 0 spiro atoms. The van der Waals surface area contributed by atoms with Crippen LogP contribution in [0.4, 0.5) is 13.2 Å². The van der Waals surface area contributed by atoms with E-state index in [1.807, 2.05) is 0 Å². The lowest BCUT2D eigenvalue weighted by molar-refractivity contribution is -0.138. The van der Waals surface area contributed by atoms with Crippen molar-refractivity contribution in [3.8, 4) is 5.75 Å². The highest BCUT2D eigenvalue weighted by Gasteiger charge is 2.13. The van der Waals surface area contributed by atoms with Crippen molar-refractivity contribution in [1.29, 1.82) is 0 Å². The van der Waals surface area contributed by atoms with Gasteiger partial charge in [0.05, 0.1) is 0 Å². The van der Waals surface area contributed by atoms with Gasteiger partial charge in [-0.25, -0.2) is 18.0 Å². The molecule has 15 heavy (non-hydrogen) atoms. The lowest BCUT2D eigenvalue weighted by Gasteiger charge is -2.04. The first-order valence-corrected chi connectivity index (χ1v) is 3.88. The van der Waals surface area contributed by atoms with Crippen molar-refractivity contribution in [2.24, 2.45) is 0 Å². The SMILES string of the molecule is COCC(=O)Oc1cc(F)c(F)c(F)c1. The quantitative estimate of drug-likeness (QED) is 0.441. The molecule has 1 aromatic rings. The smallest absolute Gasteiger partial charge is 0.337 e. The van der Waals surface area contributed by atoms with E-state index in [0.29, 0.717) is 12.1 Å². The normalized spacial score (nSPS) is 10.1. The van der Waals surface area contributed by atoms with Crippen molar-refractivity contribution in [2.45, 2.75) is 0 Å². The lowest BCUT2D eigenvalue weighted by Crippen LogP contribution is -2.14. The second-order valence-electron chi connectivity index (χ2n) is 2.61. The minimum atomic E-state index is -1.61. The second-order valence-corrected chi connectivity index (χ2v) is 2.61. The maximum Gasteiger partial charge on any atom is 0.337 e. The Morgan fingerprint density at radius 1 is 1.27 bits per heavy atom. The van der Waals surface area contributed by atoms with Crippen molar-refractivity contribution in [3.63, 3.8) is 0 Å². The van der Waals surface area contributed by atoms with Gasteiger partial charge in [-0.3, -0.25) is 0 Å². The number of ether oxygens (including phenoxy) is 2. The zero-order valence-electron chi connectivity index (χ0n) is 7.72. The number of rotatable bonds is 3. The zero-order chi connectivity index (χ0) is 11.4. The third-order valence-corrected chi connectivity index (χ3v) is 1.45. The van der Waals surface area contributed by atoms with Crippen LogP contribution in [0.25, 0.3) is 0 Å². The van der Waals surface area contributed by atoms with E-state index in [9.17, 15) is 18.0 Å². The van der Waals surface area contributed by atoms with E-state index < -0.39 is 29.2 Å².